The van der Waals surface area contributed by atoms with Crippen LogP contribution in [0.1, 0.15) is 38.0 Å². The van der Waals surface area contributed by atoms with Crippen LogP contribution in [0.5, 0.6) is 0 Å². The minimum absolute atomic E-state index is 0.0872. The molecule has 102 valence electrons. The van der Waals surface area contributed by atoms with Crippen LogP contribution >= 0.6 is 27.3 Å². The van der Waals surface area contributed by atoms with E-state index < -0.39 is 0 Å². The molecule has 0 saturated carbocycles. The Kier molecular flexibility index (Phi) is 4.86. The van der Waals surface area contributed by atoms with Gasteiger partial charge in [-0.15, -0.1) is 11.3 Å². The molecule has 4 heteroatoms. The van der Waals surface area contributed by atoms with Crippen molar-refractivity contribution in [1.82, 2.24) is 4.90 Å². The zero-order valence-electron chi connectivity index (χ0n) is 11.3. The Bertz CT molecular complexity index is 383. The van der Waals surface area contributed by atoms with E-state index in [0.29, 0.717) is 0 Å². The van der Waals surface area contributed by atoms with Crippen LogP contribution in [0, 0.1) is 0 Å². The van der Waals surface area contributed by atoms with Gasteiger partial charge in [-0.2, -0.15) is 0 Å². The number of halogens is 1. The highest BCUT2D eigenvalue weighted by atomic mass is 79.9. The number of hydrogen-bond donors (Lipinski definition) is 1. The number of hydrogen-bond acceptors (Lipinski definition) is 3. The van der Waals surface area contributed by atoms with Crippen molar-refractivity contribution in [2.45, 2.75) is 51.1 Å². The summed E-state index contributed by atoms with van der Waals surface area (Å²) < 4.78 is 1.21. The normalized spacial score (nSPS) is 20.0. The molecule has 1 aromatic rings. The molecule has 2 N–H and O–H groups in total. The lowest BCUT2D eigenvalue weighted by molar-refractivity contribution is 0.0733. The van der Waals surface area contributed by atoms with Crippen LogP contribution < -0.4 is 5.73 Å². The molecular formula is C14H23BrN2S. The van der Waals surface area contributed by atoms with E-state index in [1.807, 2.05) is 0 Å². The van der Waals surface area contributed by atoms with Crippen LogP contribution in [0.25, 0.3) is 0 Å². The molecule has 0 radical (unpaired) electrons. The SMILES string of the molecule is CC(C)(C(N)Cc1sccc1Br)N1CCCCC1. The predicted molar refractivity (Wildman–Crippen MR) is 83.2 cm³/mol. The number of rotatable bonds is 4. The van der Waals surface area contributed by atoms with E-state index in [-0.39, 0.29) is 11.6 Å². The minimum Gasteiger partial charge on any atom is -0.326 e. The number of likely N-dealkylation sites (tertiary alicyclic amines) is 1. The molecular weight excluding hydrogens is 308 g/mol. The molecule has 0 bridgehead atoms. The molecule has 2 rings (SSSR count). The molecule has 0 aliphatic carbocycles. The molecule has 1 aliphatic rings. The van der Waals surface area contributed by atoms with Gasteiger partial charge in [0.05, 0.1) is 0 Å². The largest absolute Gasteiger partial charge is 0.326 e. The fourth-order valence-electron chi connectivity index (χ4n) is 2.62. The van der Waals surface area contributed by atoms with Crippen molar-refractivity contribution in [3.8, 4) is 0 Å². The Hall–Kier alpha value is 0.1000. The summed E-state index contributed by atoms with van der Waals surface area (Å²) in [7, 11) is 0. The molecule has 1 aromatic heterocycles. The Morgan fingerprint density at radius 1 is 1.39 bits per heavy atom. The van der Waals surface area contributed by atoms with E-state index in [1.165, 1.54) is 41.7 Å². The number of thiophene rings is 1. The zero-order chi connectivity index (χ0) is 13.2. The standard InChI is InChI=1S/C14H23BrN2S/c1-14(2,17-7-4-3-5-8-17)13(16)10-12-11(15)6-9-18-12/h6,9,13H,3-5,7-8,10,16H2,1-2H3. The van der Waals surface area contributed by atoms with Crippen molar-refractivity contribution in [3.63, 3.8) is 0 Å². The van der Waals surface area contributed by atoms with Crippen molar-refractivity contribution in [3.05, 3.63) is 20.8 Å². The molecule has 18 heavy (non-hydrogen) atoms. The fourth-order valence-corrected chi connectivity index (χ4v) is 4.20. The summed E-state index contributed by atoms with van der Waals surface area (Å²) >= 11 is 5.39. The summed E-state index contributed by atoms with van der Waals surface area (Å²) in [5.41, 5.74) is 6.57. The van der Waals surface area contributed by atoms with Gasteiger partial charge in [-0.1, -0.05) is 6.42 Å². The summed E-state index contributed by atoms with van der Waals surface area (Å²) in [5.74, 6) is 0. The molecule has 0 spiro atoms. The number of nitrogens with zero attached hydrogens (tertiary/aromatic N) is 1. The van der Waals surface area contributed by atoms with E-state index in [0.717, 1.165) is 6.42 Å². The second-order valence-corrected chi connectivity index (χ2v) is 7.56. The second kappa shape index (κ2) is 6.04. The maximum absolute atomic E-state index is 6.49. The Labute approximate surface area is 123 Å². The molecule has 1 fully saturated rings. The van der Waals surface area contributed by atoms with Crippen LogP contribution in [-0.4, -0.2) is 29.6 Å². The molecule has 1 unspecified atom stereocenters. The maximum atomic E-state index is 6.49. The van der Waals surface area contributed by atoms with Crippen molar-refractivity contribution in [2.24, 2.45) is 5.73 Å². The van der Waals surface area contributed by atoms with Crippen LogP contribution in [0.15, 0.2) is 15.9 Å². The van der Waals surface area contributed by atoms with E-state index in [4.69, 9.17) is 5.73 Å². The summed E-state index contributed by atoms with van der Waals surface area (Å²) in [6.45, 7) is 6.99. The summed E-state index contributed by atoms with van der Waals surface area (Å²) in [6.07, 6.45) is 4.97. The predicted octanol–water partition coefficient (Wildman–Crippen LogP) is 3.64. The Morgan fingerprint density at radius 3 is 2.61 bits per heavy atom. The van der Waals surface area contributed by atoms with Gasteiger partial charge < -0.3 is 5.73 Å². The van der Waals surface area contributed by atoms with Gasteiger partial charge >= 0.3 is 0 Å². The molecule has 0 aromatic carbocycles. The van der Waals surface area contributed by atoms with Crippen molar-refractivity contribution < 1.29 is 0 Å². The summed E-state index contributed by atoms with van der Waals surface area (Å²) in [4.78, 5) is 3.94. The smallest absolute Gasteiger partial charge is 0.0314 e. The van der Waals surface area contributed by atoms with Crippen molar-refractivity contribution >= 4 is 27.3 Å². The van der Waals surface area contributed by atoms with Crippen molar-refractivity contribution in [2.75, 3.05) is 13.1 Å². The lowest BCUT2D eigenvalue weighted by atomic mass is 9.88. The molecule has 1 atom stereocenters. The van der Waals surface area contributed by atoms with Crippen LogP contribution in [0.2, 0.25) is 0 Å². The van der Waals surface area contributed by atoms with Gasteiger partial charge in [0.1, 0.15) is 0 Å². The lowest BCUT2D eigenvalue weighted by Gasteiger charge is -2.44. The van der Waals surface area contributed by atoms with Gasteiger partial charge in [0, 0.05) is 20.9 Å². The van der Waals surface area contributed by atoms with Gasteiger partial charge in [-0.3, -0.25) is 4.90 Å². The van der Waals surface area contributed by atoms with E-state index >= 15 is 0 Å². The van der Waals surface area contributed by atoms with Crippen molar-refractivity contribution in [1.29, 1.82) is 0 Å². The van der Waals surface area contributed by atoms with Gasteiger partial charge in [0.2, 0.25) is 0 Å². The maximum Gasteiger partial charge on any atom is 0.0314 e. The van der Waals surface area contributed by atoms with Gasteiger partial charge in [0.25, 0.3) is 0 Å². The fraction of sp³-hybridized carbons (Fsp3) is 0.714. The van der Waals surface area contributed by atoms with Crippen LogP contribution in [-0.2, 0) is 6.42 Å². The van der Waals surface area contributed by atoms with Crippen LogP contribution in [0.4, 0.5) is 0 Å². The zero-order valence-corrected chi connectivity index (χ0v) is 13.7. The van der Waals surface area contributed by atoms with Gasteiger partial charge in [-0.05, 0) is 73.6 Å². The molecule has 2 nitrogen and oxygen atoms in total. The van der Waals surface area contributed by atoms with Gasteiger partial charge in [-0.25, -0.2) is 0 Å². The molecule has 2 heterocycles. The summed E-state index contributed by atoms with van der Waals surface area (Å²) in [5, 5.41) is 2.13. The van der Waals surface area contributed by atoms with Gasteiger partial charge in [0.15, 0.2) is 0 Å². The topological polar surface area (TPSA) is 29.3 Å². The first kappa shape index (κ1) is 14.5. The summed E-state index contributed by atoms with van der Waals surface area (Å²) in [6, 6.07) is 2.30. The third-order valence-electron chi connectivity index (χ3n) is 4.17. The lowest BCUT2D eigenvalue weighted by Crippen LogP contribution is -2.58. The third kappa shape index (κ3) is 3.16. The molecule has 0 amide bonds. The average molecular weight is 331 g/mol. The first-order valence-electron chi connectivity index (χ1n) is 6.74. The van der Waals surface area contributed by atoms with Crippen LogP contribution in [0.3, 0.4) is 0 Å². The van der Waals surface area contributed by atoms with E-state index in [2.05, 4.69) is 46.1 Å². The first-order valence-corrected chi connectivity index (χ1v) is 8.41. The number of nitrogens with two attached hydrogens (primary N) is 1. The molecule has 1 saturated heterocycles. The third-order valence-corrected chi connectivity index (χ3v) is 6.12. The minimum atomic E-state index is 0.0872. The monoisotopic (exact) mass is 330 g/mol. The Balaban J connectivity index is 2.02. The average Bonchev–Trinajstić information content (AvgIpc) is 2.76. The highest BCUT2D eigenvalue weighted by molar-refractivity contribution is 9.10. The Morgan fingerprint density at radius 2 is 2.06 bits per heavy atom. The highest BCUT2D eigenvalue weighted by Crippen LogP contribution is 2.29. The van der Waals surface area contributed by atoms with E-state index in [1.54, 1.807) is 11.3 Å². The van der Waals surface area contributed by atoms with E-state index in [9.17, 15) is 0 Å². The highest BCUT2D eigenvalue weighted by Gasteiger charge is 2.34. The first-order chi connectivity index (χ1) is 8.51. The second-order valence-electron chi connectivity index (χ2n) is 5.70. The number of piperidine rings is 1. The molecule has 1 aliphatic heterocycles. The quantitative estimate of drug-likeness (QED) is 0.913.